The second-order valence-electron chi connectivity index (χ2n) is 4.94. The van der Waals surface area contributed by atoms with E-state index in [-0.39, 0.29) is 23.8 Å². The Morgan fingerprint density at radius 3 is 2.40 bits per heavy atom. The maximum atomic E-state index is 11.4. The molecule has 7 heteroatoms. The minimum absolute atomic E-state index is 0.207. The van der Waals surface area contributed by atoms with Crippen LogP contribution in [0.3, 0.4) is 0 Å². The molecule has 1 aliphatic heterocycles. The molecule has 1 heterocycles. The first-order valence-electron chi connectivity index (χ1n) is 6.49. The maximum absolute atomic E-state index is 11.4. The monoisotopic (exact) mass is 297 g/mol. The topological polar surface area (TPSA) is 92.5 Å². The van der Waals surface area contributed by atoms with E-state index < -0.39 is 9.84 Å². The lowest BCUT2D eigenvalue weighted by Gasteiger charge is -2.27. The Balaban J connectivity index is 2.04. The van der Waals surface area contributed by atoms with Crippen LogP contribution in [-0.2, 0) is 27.6 Å². The lowest BCUT2D eigenvalue weighted by molar-refractivity contribution is -0.120. The quantitative estimate of drug-likeness (QED) is 0.442. The highest BCUT2D eigenvalue weighted by Crippen LogP contribution is 2.14. The van der Waals surface area contributed by atoms with Crippen LogP contribution in [0.2, 0.25) is 0 Å². The molecule has 0 aromatic heterocycles. The molecule has 1 saturated heterocycles. The number of carbonyl (C=O) groups excluding carboxylic acids is 1. The lowest BCUT2D eigenvalue weighted by Crippen LogP contribution is -2.40. The van der Waals surface area contributed by atoms with Crippen LogP contribution in [0.15, 0.2) is 24.3 Å². The van der Waals surface area contributed by atoms with Crippen LogP contribution in [0.5, 0.6) is 0 Å². The first kappa shape index (κ1) is 15.0. The average molecular weight is 297 g/mol. The van der Waals surface area contributed by atoms with Gasteiger partial charge in [0.15, 0.2) is 9.84 Å². The van der Waals surface area contributed by atoms with Crippen molar-refractivity contribution in [2.24, 2.45) is 5.84 Å². The Bertz CT molecular complexity index is 572. The van der Waals surface area contributed by atoms with Gasteiger partial charge in [0.1, 0.15) is 0 Å². The third kappa shape index (κ3) is 4.03. The summed E-state index contributed by atoms with van der Waals surface area (Å²) in [6, 6.07) is 7.65. The molecule has 1 aliphatic rings. The third-order valence-electron chi connectivity index (χ3n) is 3.46. The molecule has 0 bridgehead atoms. The molecule has 0 radical (unpaired) electrons. The molecule has 0 atom stereocenters. The van der Waals surface area contributed by atoms with Gasteiger partial charge in [-0.15, -0.1) is 0 Å². The van der Waals surface area contributed by atoms with Crippen molar-refractivity contribution in [3.8, 4) is 0 Å². The predicted octanol–water partition coefficient (Wildman–Crippen LogP) is -0.551. The van der Waals surface area contributed by atoms with Gasteiger partial charge in [-0.05, 0) is 11.1 Å². The third-order valence-corrected chi connectivity index (χ3v) is 5.07. The molecule has 0 aliphatic carbocycles. The molecular weight excluding hydrogens is 278 g/mol. The molecular formula is C13H19N3O3S. The fourth-order valence-corrected chi connectivity index (χ4v) is 3.53. The molecule has 3 N–H and O–H groups in total. The molecule has 20 heavy (non-hydrogen) atoms. The van der Waals surface area contributed by atoms with Crippen LogP contribution in [0.4, 0.5) is 0 Å². The fraction of sp³-hybridized carbons (Fsp3) is 0.462. The number of benzene rings is 1. The van der Waals surface area contributed by atoms with Crippen molar-refractivity contribution in [2.75, 3.05) is 24.6 Å². The highest BCUT2D eigenvalue weighted by molar-refractivity contribution is 7.91. The number of carbonyl (C=O) groups is 1. The molecule has 0 unspecified atom stereocenters. The Morgan fingerprint density at radius 2 is 1.80 bits per heavy atom. The Morgan fingerprint density at radius 1 is 1.20 bits per heavy atom. The smallest absolute Gasteiger partial charge is 0.238 e. The van der Waals surface area contributed by atoms with E-state index in [0.717, 1.165) is 11.1 Å². The SMILES string of the molecule is NNC(=O)Cc1ccccc1CN1CCS(=O)(=O)CC1. The number of nitrogens with two attached hydrogens (primary N) is 1. The predicted molar refractivity (Wildman–Crippen MR) is 76.4 cm³/mol. The Kier molecular flexibility index (Phi) is 4.74. The van der Waals surface area contributed by atoms with Crippen LogP contribution in [-0.4, -0.2) is 43.8 Å². The summed E-state index contributed by atoms with van der Waals surface area (Å²) in [6.45, 7) is 1.74. The molecule has 1 amide bonds. The number of rotatable bonds is 4. The van der Waals surface area contributed by atoms with Gasteiger partial charge in [-0.1, -0.05) is 24.3 Å². The van der Waals surface area contributed by atoms with E-state index in [1.54, 1.807) is 0 Å². The van der Waals surface area contributed by atoms with Crippen molar-refractivity contribution in [1.29, 1.82) is 0 Å². The van der Waals surface area contributed by atoms with Gasteiger partial charge in [0, 0.05) is 19.6 Å². The Hall–Kier alpha value is -1.44. The average Bonchev–Trinajstić information content (AvgIpc) is 2.43. The largest absolute Gasteiger partial charge is 0.297 e. The van der Waals surface area contributed by atoms with E-state index in [4.69, 9.17) is 5.84 Å². The first-order chi connectivity index (χ1) is 9.50. The highest BCUT2D eigenvalue weighted by atomic mass is 32.2. The number of hydrazine groups is 1. The minimum atomic E-state index is -2.86. The van der Waals surface area contributed by atoms with Crippen molar-refractivity contribution < 1.29 is 13.2 Å². The lowest BCUT2D eigenvalue weighted by atomic mass is 10.0. The van der Waals surface area contributed by atoms with E-state index >= 15 is 0 Å². The van der Waals surface area contributed by atoms with E-state index in [1.165, 1.54) is 0 Å². The van der Waals surface area contributed by atoms with Gasteiger partial charge in [0.25, 0.3) is 0 Å². The number of hydrogen-bond acceptors (Lipinski definition) is 5. The summed E-state index contributed by atoms with van der Waals surface area (Å²) in [5, 5.41) is 0. The van der Waals surface area contributed by atoms with Crippen molar-refractivity contribution in [3.05, 3.63) is 35.4 Å². The van der Waals surface area contributed by atoms with Gasteiger partial charge in [0.2, 0.25) is 5.91 Å². The number of nitrogens with one attached hydrogen (secondary N) is 1. The van der Waals surface area contributed by atoms with Crippen molar-refractivity contribution in [1.82, 2.24) is 10.3 Å². The second-order valence-corrected chi connectivity index (χ2v) is 7.24. The van der Waals surface area contributed by atoms with E-state index in [1.807, 2.05) is 24.3 Å². The summed E-state index contributed by atoms with van der Waals surface area (Å²) in [6.07, 6.45) is 0.235. The number of nitrogens with zero attached hydrogens (tertiary/aromatic N) is 1. The molecule has 2 rings (SSSR count). The standard InChI is InChI=1S/C13H19N3O3S/c14-15-13(17)9-11-3-1-2-4-12(11)10-16-5-7-20(18,19)8-6-16/h1-4H,5-10,14H2,(H,15,17). The van der Waals surface area contributed by atoms with Gasteiger partial charge in [-0.25, -0.2) is 14.3 Å². The number of hydrogen-bond donors (Lipinski definition) is 2. The van der Waals surface area contributed by atoms with E-state index in [2.05, 4.69) is 10.3 Å². The summed E-state index contributed by atoms with van der Waals surface area (Å²) < 4.78 is 22.8. The van der Waals surface area contributed by atoms with E-state index in [9.17, 15) is 13.2 Å². The van der Waals surface area contributed by atoms with Crippen LogP contribution in [0.1, 0.15) is 11.1 Å². The van der Waals surface area contributed by atoms with Crippen LogP contribution in [0, 0.1) is 0 Å². The van der Waals surface area contributed by atoms with Gasteiger partial charge in [0.05, 0.1) is 17.9 Å². The molecule has 110 valence electrons. The molecule has 0 spiro atoms. The first-order valence-corrected chi connectivity index (χ1v) is 8.31. The maximum Gasteiger partial charge on any atom is 0.238 e. The van der Waals surface area contributed by atoms with Crippen molar-refractivity contribution in [2.45, 2.75) is 13.0 Å². The zero-order valence-electron chi connectivity index (χ0n) is 11.2. The van der Waals surface area contributed by atoms with Crippen LogP contribution in [0.25, 0.3) is 0 Å². The van der Waals surface area contributed by atoms with Crippen LogP contribution < -0.4 is 11.3 Å². The van der Waals surface area contributed by atoms with Gasteiger partial charge >= 0.3 is 0 Å². The summed E-state index contributed by atoms with van der Waals surface area (Å²) >= 11 is 0. The molecule has 1 aromatic carbocycles. The van der Waals surface area contributed by atoms with E-state index in [0.29, 0.717) is 19.6 Å². The summed E-state index contributed by atoms with van der Waals surface area (Å²) in [5.41, 5.74) is 4.08. The molecule has 6 nitrogen and oxygen atoms in total. The minimum Gasteiger partial charge on any atom is -0.297 e. The van der Waals surface area contributed by atoms with Gasteiger partial charge < -0.3 is 0 Å². The van der Waals surface area contributed by atoms with Crippen molar-refractivity contribution >= 4 is 15.7 Å². The normalized spacial score (nSPS) is 18.6. The number of amides is 1. The van der Waals surface area contributed by atoms with Crippen molar-refractivity contribution in [3.63, 3.8) is 0 Å². The molecule has 1 fully saturated rings. The van der Waals surface area contributed by atoms with Gasteiger partial charge in [-0.2, -0.15) is 0 Å². The Labute approximate surface area is 118 Å². The zero-order chi connectivity index (χ0) is 14.6. The molecule has 0 saturated carbocycles. The summed E-state index contributed by atoms with van der Waals surface area (Å²) in [5.74, 6) is 5.28. The number of sulfone groups is 1. The highest BCUT2D eigenvalue weighted by Gasteiger charge is 2.22. The fourth-order valence-electron chi connectivity index (χ4n) is 2.26. The van der Waals surface area contributed by atoms with Crippen LogP contribution >= 0.6 is 0 Å². The second kappa shape index (κ2) is 6.34. The summed E-state index contributed by atoms with van der Waals surface area (Å²) in [4.78, 5) is 13.5. The molecule has 1 aromatic rings. The van der Waals surface area contributed by atoms with Gasteiger partial charge in [-0.3, -0.25) is 15.1 Å². The zero-order valence-corrected chi connectivity index (χ0v) is 12.0. The summed E-state index contributed by atoms with van der Waals surface area (Å²) in [7, 11) is -2.86.